The van der Waals surface area contributed by atoms with Crippen LogP contribution in [0, 0.1) is 0 Å². The van der Waals surface area contributed by atoms with Crippen molar-refractivity contribution in [2.24, 2.45) is 0 Å². The lowest BCUT2D eigenvalue weighted by molar-refractivity contribution is -0.131. The first-order valence-electron chi connectivity index (χ1n) is 4.57. The van der Waals surface area contributed by atoms with Crippen LogP contribution >= 0.6 is 0 Å². The Balaban J connectivity index is 0.000000221. The highest BCUT2D eigenvalue weighted by atomic mass is 16.4. The van der Waals surface area contributed by atoms with Crippen molar-refractivity contribution in [1.29, 1.82) is 0 Å². The molecule has 0 saturated carbocycles. The SMILES string of the molecule is C=CC(=O)O.O=c1ccc2ccccc2[nH]1. The van der Waals surface area contributed by atoms with Gasteiger partial charge < -0.3 is 10.1 Å². The van der Waals surface area contributed by atoms with Gasteiger partial charge in [-0.2, -0.15) is 0 Å². The van der Waals surface area contributed by atoms with Crippen LogP contribution in [0.2, 0.25) is 0 Å². The predicted octanol–water partition coefficient (Wildman–Crippen LogP) is 1.79. The van der Waals surface area contributed by atoms with Crippen LogP contribution in [0.1, 0.15) is 0 Å². The predicted molar refractivity (Wildman–Crippen MR) is 62.4 cm³/mol. The number of fused-ring (bicyclic) bond motifs is 1. The normalized spacial score (nSPS) is 9.00. The van der Waals surface area contributed by atoms with E-state index in [2.05, 4.69) is 11.6 Å². The van der Waals surface area contributed by atoms with E-state index in [0.29, 0.717) is 0 Å². The number of hydrogen-bond donors (Lipinski definition) is 2. The van der Waals surface area contributed by atoms with Gasteiger partial charge in [0.05, 0.1) is 0 Å². The fourth-order valence-corrected chi connectivity index (χ4v) is 1.10. The summed E-state index contributed by atoms with van der Waals surface area (Å²) in [4.78, 5) is 22.8. The van der Waals surface area contributed by atoms with Crippen molar-refractivity contribution in [1.82, 2.24) is 4.98 Å². The summed E-state index contributed by atoms with van der Waals surface area (Å²) in [5, 5.41) is 8.67. The number of carboxylic acids is 1. The molecule has 82 valence electrons. The molecule has 0 aliphatic carbocycles. The lowest BCUT2D eigenvalue weighted by Crippen LogP contribution is -2.01. The summed E-state index contributed by atoms with van der Waals surface area (Å²) < 4.78 is 0. The highest BCUT2D eigenvalue weighted by Gasteiger charge is 1.89. The van der Waals surface area contributed by atoms with Crippen LogP contribution in [0.25, 0.3) is 10.9 Å². The maximum atomic E-state index is 10.8. The number of benzene rings is 1. The quantitative estimate of drug-likeness (QED) is 0.715. The minimum atomic E-state index is -0.981. The van der Waals surface area contributed by atoms with Gasteiger partial charge in [0.25, 0.3) is 0 Å². The molecular formula is C12H11NO3. The molecule has 0 radical (unpaired) electrons. The Morgan fingerprint density at radius 1 is 1.25 bits per heavy atom. The van der Waals surface area contributed by atoms with Gasteiger partial charge in [-0.25, -0.2) is 4.79 Å². The number of hydrogen-bond acceptors (Lipinski definition) is 2. The third-order valence-electron chi connectivity index (χ3n) is 1.81. The van der Waals surface area contributed by atoms with Gasteiger partial charge in [0.2, 0.25) is 5.56 Å². The number of para-hydroxylation sites is 1. The average molecular weight is 217 g/mol. The summed E-state index contributed by atoms with van der Waals surface area (Å²) in [6.45, 7) is 2.96. The molecule has 0 bridgehead atoms. The monoisotopic (exact) mass is 217 g/mol. The van der Waals surface area contributed by atoms with Gasteiger partial charge in [-0.1, -0.05) is 24.8 Å². The molecule has 0 saturated heterocycles. The summed E-state index contributed by atoms with van der Waals surface area (Å²) >= 11 is 0. The number of rotatable bonds is 1. The minimum absolute atomic E-state index is 0.0521. The van der Waals surface area contributed by atoms with E-state index < -0.39 is 5.97 Å². The van der Waals surface area contributed by atoms with E-state index in [1.807, 2.05) is 30.3 Å². The van der Waals surface area contributed by atoms with Gasteiger partial charge in [-0.05, 0) is 17.5 Å². The molecule has 4 heteroatoms. The molecule has 4 nitrogen and oxygen atoms in total. The van der Waals surface area contributed by atoms with Gasteiger partial charge in [-0.15, -0.1) is 0 Å². The number of H-pyrrole nitrogens is 1. The molecule has 1 aromatic heterocycles. The zero-order chi connectivity index (χ0) is 12.0. The Bertz CT molecular complexity index is 557. The maximum absolute atomic E-state index is 10.8. The van der Waals surface area contributed by atoms with E-state index in [0.717, 1.165) is 17.0 Å². The molecule has 16 heavy (non-hydrogen) atoms. The zero-order valence-corrected chi connectivity index (χ0v) is 8.51. The summed E-state index contributed by atoms with van der Waals surface area (Å²) in [5.74, 6) is -0.981. The summed E-state index contributed by atoms with van der Waals surface area (Å²) in [6, 6.07) is 11.0. The second-order valence-corrected chi connectivity index (χ2v) is 2.95. The topological polar surface area (TPSA) is 70.2 Å². The molecule has 0 unspecified atom stereocenters. The van der Waals surface area contributed by atoms with Crippen molar-refractivity contribution in [2.75, 3.05) is 0 Å². The number of carbonyl (C=O) groups is 1. The van der Waals surface area contributed by atoms with Crippen LogP contribution in [0.4, 0.5) is 0 Å². The standard InChI is InChI=1S/C9H7NO.C3H4O2/c11-9-6-5-7-3-1-2-4-8(7)10-9;1-2-3(4)5/h1-6H,(H,10,11);2H,1H2,(H,4,5). The largest absolute Gasteiger partial charge is 0.478 e. The van der Waals surface area contributed by atoms with Crippen LogP contribution in [-0.4, -0.2) is 16.1 Å². The van der Waals surface area contributed by atoms with E-state index in [1.165, 1.54) is 6.07 Å². The fourth-order valence-electron chi connectivity index (χ4n) is 1.10. The minimum Gasteiger partial charge on any atom is -0.478 e. The number of nitrogens with one attached hydrogen (secondary N) is 1. The van der Waals surface area contributed by atoms with Gasteiger partial charge in [0.1, 0.15) is 0 Å². The molecule has 0 amide bonds. The lowest BCUT2D eigenvalue weighted by Gasteiger charge is -1.93. The van der Waals surface area contributed by atoms with E-state index in [9.17, 15) is 9.59 Å². The van der Waals surface area contributed by atoms with Gasteiger partial charge in [-0.3, -0.25) is 4.79 Å². The number of aromatic amines is 1. The molecule has 0 atom stereocenters. The van der Waals surface area contributed by atoms with Crippen LogP contribution in [0.5, 0.6) is 0 Å². The Kier molecular flexibility index (Phi) is 4.03. The average Bonchev–Trinajstić information content (AvgIpc) is 2.29. The highest BCUT2D eigenvalue weighted by Crippen LogP contribution is 2.06. The van der Waals surface area contributed by atoms with E-state index in [1.54, 1.807) is 0 Å². The first-order chi connectivity index (χ1) is 7.63. The smallest absolute Gasteiger partial charge is 0.327 e. The molecule has 0 aliphatic rings. The second-order valence-electron chi connectivity index (χ2n) is 2.95. The third-order valence-corrected chi connectivity index (χ3v) is 1.81. The second kappa shape index (κ2) is 5.50. The zero-order valence-electron chi connectivity index (χ0n) is 8.51. The molecule has 0 aliphatic heterocycles. The van der Waals surface area contributed by atoms with Crippen molar-refractivity contribution >= 4 is 16.9 Å². The summed E-state index contributed by atoms with van der Waals surface area (Å²) in [6.07, 6.45) is 0.833. The number of carboxylic acid groups (broad SMARTS) is 1. The molecule has 2 aromatic rings. The number of pyridine rings is 1. The van der Waals surface area contributed by atoms with Gasteiger partial charge >= 0.3 is 5.97 Å². The number of aliphatic carboxylic acids is 1. The molecule has 1 aromatic carbocycles. The van der Waals surface area contributed by atoms with E-state index in [4.69, 9.17) is 5.11 Å². The summed E-state index contributed by atoms with van der Waals surface area (Å²) in [5.41, 5.74) is 0.837. The van der Waals surface area contributed by atoms with Crippen molar-refractivity contribution in [2.45, 2.75) is 0 Å². The Morgan fingerprint density at radius 2 is 1.88 bits per heavy atom. The van der Waals surface area contributed by atoms with Crippen LogP contribution in [0.15, 0.2) is 53.8 Å². The molecule has 2 N–H and O–H groups in total. The molecule has 1 heterocycles. The van der Waals surface area contributed by atoms with Gasteiger partial charge in [0, 0.05) is 17.7 Å². The van der Waals surface area contributed by atoms with Crippen LogP contribution in [-0.2, 0) is 4.79 Å². The molecule has 2 rings (SSSR count). The first kappa shape index (κ1) is 11.7. The number of aromatic nitrogens is 1. The third kappa shape index (κ3) is 3.42. The Labute approximate surface area is 91.9 Å². The Morgan fingerprint density at radius 3 is 2.50 bits per heavy atom. The summed E-state index contributed by atoms with van der Waals surface area (Å²) in [7, 11) is 0. The maximum Gasteiger partial charge on any atom is 0.327 e. The fraction of sp³-hybridized carbons (Fsp3) is 0. The molecule has 0 spiro atoms. The first-order valence-corrected chi connectivity index (χ1v) is 4.57. The van der Waals surface area contributed by atoms with Crippen molar-refractivity contribution < 1.29 is 9.90 Å². The van der Waals surface area contributed by atoms with Crippen LogP contribution in [0.3, 0.4) is 0 Å². The van der Waals surface area contributed by atoms with Gasteiger partial charge in [0.15, 0.2) is 0 Å². The van der Waals surface area contributed by atoms with Crippen molar-refractivity contribution in [3.05, 3.63) is 59.4 Å². The van der Waals surface area contributed by atoms with E-state index >= 15 is 0 Å². The molecular weight excluding hydrogens is 206 g/mol. The van der Waals surface area contributed by atoms with Crippen LogP contribution < -0.4 is 5.56 Å². The molecule has 0 fully saturated rings. The van der Waals surface area contributed by atoms with Crippen molar-refractivity contribution in [3.8, 4) is 0 Å². The highest BCUT2D eigenvalue weighted by molar-refractivity contribution is 5.79. The van der Waals surface area contributed by atoms with Crippen molar-refractivity contribution in [3.63, 3.8) is 0 Å². The Hall–Kier alpha value is -2.36. The lowest BCUT2D eigenvalue weighted by atomic mass is 10.2. The van der Waals surface area contributed by atoms with E-state index in [-0.39, 0.29) is 5.56 Å².